The Labute approximate surface area is 108 Å². The highest BCUT2D eigenvalue weighted by molar-refractivity contribution is 5.95. The van der Waals surface area contributed by atoms with E-state index in [2.05, 4.69) is 0 Å². The lowest BCUT2D eigenvalue weighted by molar-refractivity contribution is -0.0111. The molecule has 18 heavy (non-hydrogen) atoms. The van der Waals surface area contributed by atoms with Gasteiger partial charge < -0.3 is 15.2 Å². The molecule has 1 atom stereocenters. The number of ether oxygens (including phenoxy) is 2. The fourth-order valence-electron chi connectivity index (χ4n) is 2.10. The molecule has 0 aromatic heterocycles. The van der Waals surface area contributed by atoms with Crippen molar-refractivity contribution in [2.24, 2.45) is 5.73 Å². The second-order valence-electron chi connectivity index (χ2n) is 4.69. The number of aryl methyl sites for hydroxylation is 1. The Balaban J connectivity index is 1.94. The van der Waals surface area contributed by atoms with Gasteiger partial charge in [0, 0.05) is 12.2 Å². The summed E-state index contributed by atoms with van der Waals surface area (Å²) < 4.78 is 11.4. The van der Waals surface area contributed by atoms with Crippen molar-refractivity contribution in [1.82, 2.24) is 0 Å². The van der Waals surface area contributed by atoms with Crippen LogP contribution >= 0.6 is 0 Å². The highest BCUT2D eigenvalue weighted by atomic mass is 16.5. The number of nitrogen functional groups attached to an aromatic ring is 1. The van der Waals surface area contributed by atoms with E-state index >= 15 is 0 Å². The van der Waals surface area contributed by atoms with Gasteiger partial charge in [-0.15, -0.1) is 0 Å². The van der Waals surface area contributed by atoms with Crippen LogP contribution in [0.3, 0.4) is 0 Å². The summed E-state index contributed by atoms with van der Waals surface area (Å²) in [6.07, 6.45) is 3.66. The first-order valence-corrected chi connectivity index (χ1v) is 6.36. The molecule has 1 aliphatic rings. The minimum atomic E-state index is 0.0836. The zero-order valence-corrected chi connectivity index (χ0v) is 10.7. The normalized spacial score (nSPS) is 19.5. The first kappa shape index (κ1) is 12.9. The van der Waals surface area contributed by atoms with Crippen molar-refractivity contribution >= 4 is 5.84 Å². The van der Waals surface area contributed by atoms with Crippen LogP contribution in [0.1, 0.15) is 30.4 Å². The van der Waals surface area contributed by atoms with Crippen LogP contribution in [0.25, 0.3) is 0 Å². The minimum absolute atomic E-state index is 0.0836. The Hall–Kier alpha value is -1.55. The maximum atomic E-state index is 7.38. The van der Waals surface area contributed by atoms with Crippen LogP contribution in [0.5, 0.6) is 5.75 Å². The molecule has 1 aromatic rings. The number of hydrogen-bond acceptors (Lipinski definition) is 3. The number of benzene rings is 1. The van der Waals surface area contributed by atoms with Gasteiger partial charge in [0.1, 0.15) is 18.2 Å². The monoisotopic (exact) mass is 248 g/mol. The minimum Gasteiger partial charge on any atom is -0.491 e. The second kappa shape index (κ2) is 5.87. The molecule has 98 valence electrons. The summed E-state index contributed by atoms with van der Waals surface area (Å²) in [5.41, 5.74) is 7.18. The Bertz CT molecular complexity index is 426. The summed E-state index contributed by atoms with van der Waals surface area (Å²) in [7, 11) is 0. The van der Waals surface area contributed by atoms with E-state index in [0.717, 1.165) is 36.3 Å². The molecule has 2 rings (SSSR count). The SMILES string of the molecule is Cc1cc(C(=N)N)ccc1OCC1CCCCO1. The second-order valence-corrected chi connectivity index (χ2v) is 4.69. The van der Waals surface area contributed by atoms with E-state index in [9.17, 15) is 0 Å². The highest BCUT2D eigenvalue weighted by Crippen LogP contribution is 2.21. The molecule has 1 unspecified atom stereocenters. The van der Waals surface area contributed by atoms with Crippen LogP contribution in [0, 0.1) is 12.3 Å². The maximum Gasteiger partial charge on any atom is 0.122 e. The van der Waals surface area contributed by atoms with Gasteiger partial charge in [-0.1, -0.05) is 0 Å². The van der Waals surface area contributed by atoms with Gasteiger partial charge in [0.05, 0.1) is 6.10 Å². The number of hydrogen-bond donors (Lipinski definition) is 2. The summed E-state index contributed by atoms with van der Waals surface area (Å²) in [4.78, 5) is 0. The lowest BCUT2D eigenvalue weighted by atomic mass is 10.1. The molecule has 1 aliphatic heterocycles. The largest absolute Gasteiger partial charge is 0.491 e. The first-order chi connectivity index (χ1) is 8.66. The summed E-state index contributed by atoms with van der Waals surface area (Å²) in [5, 5.41) is 7.38. The van der Waals surface area contributed by atoms with Crippen LogP contribution in [-0.2, 0) is 4.74 Å². The zero-order valence-electron chi connectivity index (χ0n) is 10.7. The third kappa shape index (κ3) is 3.23. The van der Waals surface area contributed by atoms with Crippen molar-refractivity contribution in [3.05, 3.63) is 29.3 Å². The van der Waals surface area contributed by atoms with E-state index in [1.54, 1.807) is 0 Å². The molecule has 0 spiro atoms. The van der Waals surface area contributed by atoms with E-state index in [4.69, 9.17) is 20.6 Å². The Morgan fingerprint density at radius 1 is 1.50 bits per heavy atom. The number of rotatable bonds is 4. The highest BCUT2D eigenvalue weighted by Gasteiger charge is 2.14. The number of nitrogens with one attached hydrogen (secondary N) is 1. The van der Waals surface area contributed by atoms with Gasteiger partial charge in [-0.3, -0.25) is 5.41 Å². The standard InChI is InChI=1S/C14H20N2O2/c1-10-8-11(14(15)16)5-6-13(10)18-9-12-4-2-3-7-17-12/h5-6,8,12H,2-4,7,9H2,1H3,(H3,15,16). The van der Waals surface area contributed by atoms with E-state index in [0.29, 0.717) is 6.61 Å². The summed E-state index contributed by atoms with van der Waals surface area (Å²) >= 11 is 0. The molecule has 1 saturated heterocycles. The van der Waals surface area contributed by atoms with Crippen molar-refractivity contribution in [2.75, 3.05) is 13.2 Å². The predicted octanol–water partition coefficient (Wildman–Crippen LogP) is 2.23. The lowest BCUT2D eigenvalue weighted by Crippen LogP contribution is -2.26. The molecule has 4 nitrogen and oxygen atoms in total. The Morgan fingerprint density at radius 2 is 2.33 bits per heavy atom. The molecular formula is C14H20N2O2. The topological polar surface area (TPSA) is 68.3 Å². The van der Waals surface area contributed by atoms with Crippen LogP contribution < -0.4 is 10.5 Å². The van der Waals surface area contributed by atoms with Crippen molar-refractivity contribution in [2.45, 2.75) is 32.3 Å². The lowest BCUT2D eigenvalue weighted by Gasteiger charge is -2.23. The van der Waals surface area contributed by atoms with E-state index in [-0.39, 0.29) is 11.9 Å². The van der Waals surface area contributed by atoms with Crippen LogP contribution in [0.15, 0.2) is 18.2 Å². The van der Waals surface area contributed by atoms with E-state index < -0.39 is 0 Å². The third-order valence-corrected chi connectivity index (χ3v) is 3.18. The van der Waals surface area contributed by atoms with Crippen molar-refractivity contribution in [1.29, 1.82) is 5.41 Å². The molecule has 0 amide bonds. The number of nitrogens with two attached hydrogens (primary N) is 1. The molecule has 3 N–H and O–H groups in total. The van der Waals surface area contributed by atoms with E-state index in [1.807, 2.05) is 25.1 Å². The van der Waals surface area contributed by atoms with Gasteiger partial charge in [0.2, 0.25) is 0 Å². The van der Waals surface area contributed by atoms with Crippen molar-refractivity contribution in [3.8, 4) is 5.75 Å². The van der Waals surface area contributed by atoms with Crippen LogP contribution in [0.2, 0.25) is 0 Å². The maximum absolute atomic E-state index is 7.38. The van der Waals surface area contributed by atoms with Crippen molar-refractivity contribution < 1.29 is 9.47 Å². The number of amidine groups is 1. The van der Waals surface area contributed by atoms with Crippen molar-refractivity contribution in [3.63, 3.8) is 0 Å². The van der Waals surface area contributed by atoms with Gasteiger partial charge in [0.15, 0.2) is 0 Å². The first-order valence-electron chi connectivity index (χ1n) is 6.36. The molecule has 0 saturated carbocycles. The third-order valence-electron chi connectivity index (χ3n) is 3.18. The van der Waals surface area contributed by atoms with Crippen LogP contribution in [-0.4, -0.2) is 25.2 Å². The van der Waals surface area contributed by atoms with Gasteiger partial charge in [-0.05, 0) is 49.9 Å². The summed E-state index contributed by atoms with van der Waals surface area (Å²) in [6.45, 7) is 3.40. The molecule has 0 aliphatic carbocycles. The molecule has 1 heterocycles. The molecular weight excluding hydrogens is 228 g/mol. The van der Waals surface area contributed by atoms with Gasteiger partial charge in [-0.2, -0.15) is 0 Å². The summed E-state index contributed by atoms with van der Waals surface area (Å²) in [6, 6.07) is 5.56. The molecule has 0 radical (unpaired) electrons. The Kier molecular flexibility index (Phi) is 4.20. The zero-order chi connectivity index (χ0) is 13.0. The van der Waals surface area contributed by atoms with Crippen LogP contribution in [0.4, 0.5) is 0 Å². The fraction of sp³-hybridized carbons (Fsp3) is 0.500. The molecule has 4 heteroatoms. The molecule has 1 aromatic carbocycles. The smallest absolute Gasteiger partial charge is 0.122 e. The van der Waals surface area contributed by atoms with E-state index in [1.165, 1.54) is 6.42 Å². The average Bonchev–Trinajstić information content (AvgIpc) is 2.38. The predicted molar refractivity (Wildman–Crippen MR) is 71.3 cm³/mol. The average molecular weight is 248 g/mol. The quantitative estimate of drug-likeness (QED) is 0.634. The van der Waals surface area contributed by atoms with Gasteiger partial charge in [0.25, 0.3) is 0 Å². The van der Waals surface area contributed by atoms with Gasteiger partial charge in [-0.25, -0.2) is 0 Å². The summed E-state index contributed by atoms with van der Waals surface area (Å²) in [5.74, 6) is 0.925. The fourth-order valence-corrected chi connectivity index (χ4v) is 2.10. The Morgan fingerprint density at radius 3 is 2.94 bits per heavy atom. The molecule has 1 fully saturated rings. The molecule has 0 bridgehead atoms. The van der Waals surface area contributed by atoms with Gasteiger partial charge >= 0.3 is 0 Å².